The lowest BCUT2D eigenvalue weighted by Gasteiger charge is -2.17. The van der Waals surface area contributed by atoms with Crippen LogP contribution < -0.4 is 10.1 Å². The van der Waals surface area contributed by atoms with Crippen molar-refractivity contribution >= 4 is 5.91 Å². The molecule has 4 aromatic rings. The molecule has 0 saturated heterocycles. The van der Waals surface area contributed by atoms with Crippen LogP contribution in [0.25, 0.3) is 11.3 Å². The Morgan fingerprint density at radius 3 is 2.49 bits per heavy atom. The molecule has 2 aromatic carbocycles. The van der Waals surface area contributed by atoms with Crippen molar-refractivity contribution in [2.75, 3.05) is 7.11 Å². The van der Waals surface area contributed by atoms with Crippen LogP contribution in [0.3, 0.4) is 0 Å². The molecule has 0 radical (unpaired) electrons. The van der Waals surface area contributed by atoms with Gasteiger partial charge in [0, 0.05) is 12.7 Å². The molecule has 0 fully saturated rings. The van der Waals surface area contributed by atoms with Crippen molar-refractivity contribution in [3.05, 3.63) is 101 Å². The minimum absolute atomic E-state index is 0.218. The van der Waals surface area contributed by atoms with E-state index in [2.05, 4.69) is 5.32 Å². The number of carbonyl (C=O) groups excluding carboxylic acids is 1. The summed E-state index contributed by atoms with van der Waals surface area (Å²) in [4.78, 5) is 13.6. The zero-order valence-corrected chi connectivity index (χ0v) is 19.5. The smallest absolute Gasteiger partial charge is 0.416 e. The van der Waals surface area contributed by atoms with E-state index in [0.717, 1.165) is 23.3 Å². The zero-order valence-electron chi connectivity index (χ0n) is 19.5. The van der Waals surface area contributed by atoms with Crippen molar-refractivity contribution < 1.29 is 27.1 Å². The summed E-state index contributed by atoms with van der Waals surface area (Å²) < 4.78 is 51.5. The minimum atomic E-state index is -4.41. The Morgan fingerprint density at radius 1 is 1.11 bits per heavy atom. The fourth-order valence-electron chi connectivity index (χ4n) is 4.05. The Bertz CT molecular complexity index is 1310. The Hall–Kier alpha value is -3.94. The second-order valence-electron chi connectivity index (χ2n) is 8.31. The van der Waals surface area contributed by atoms with Crippen LogP contribution in [0.1, 0.15) is 45.7 Å². The average Bonchev–Trinajstić information content (AvgIpc) is 3.46. The number of carbonyl (C=O) groups is 1. The number of nitrogens with zero attached hydrogens (tertiary/aromatic N) is 1. The van der Waals surface area contributed by atoms with Crippen molar-refractivity contribution in [2.45, 2.75) is 32.6 Å². The molecule has 1 atom stereocenters. The second kappa shape index (κ2) is 9.74. The third-order valence-electron chi connectivity index (χ3n) is 5.83. The summed E-state index contributed by atoms with van der Waals surface area (Å²) >= 11 is 0. The maximum absolute atomic E-state index is 13.6. The lowest BCUT2D eigenvalue weighted by molar-refractivity contribution is -0.137. The molecule has 1 amide bonds. The first-order valence-corrected chi connectivity index (χ1v) is 11.0. The molecular weight excluding hydrogens is 457 g/mol. The number of alkyl halides is 3. The number of rotatable bonds is 7. The first-order valence-electron chi connectivity index (χ1n) is 11.0. The van der Waals surface area contributed by atoms with E-state index < -0.39 is 11.7 Å². The standard InChI is InChI=1S/C27H25F3N2O3/c1-17-15-32(16-19-9-11-21(12-10-19)27(28,29)30)25(24(17)23-8-5-13-35-23)26(33)31-18(2)20-6-4-7-22(14-20)34-3/h4-15,18H,16H2,1-3H3,(H,31,33). The van der Waals surface area contributed by atoms with Crippen molar-refractivity contribution in [3.63, 3.8) is 0 Å². The van der Waals surface area contributed by atoms with Crippen molar-refractivity contribution in [1.82, 2.24) is 9.88 Å². The van der Waals surface area contributed by atoms with Gasteiger partial charge in [0.25, 0.3) is 5.91 Å². The number of methoxy groups -OCH3 is 1. The third kappa shape index (κ3) is 5.26. The topological polar surface area (TPSA) is 56.4 Å². The number of halogens is 3. The Labute approximate surface area is 201 Å². The van der Waals surface area contributed by atoms with Gasteiger partial charge >= 0.3 is 6.18 Å². The van der Waals surface area contributed by atoms with Gasteiger partial charge in [-0.05, 0) is 66.9 Å². The zero-order chi connectivity index (χ0) is 25.2. The van der Waals surface area contributed by atoms with Gasteiger partial charge in [-0.25, -0.2) is 0 Å². The number of furan rings is 1. The van der Waals surface area contributed by atoms with Crippen LogP contribution >= 0.6 is 0 Å². The molecule has 2 aromatic heterocycles. The SMILES string of the molecule is COc1cccc(C(C)NC(=O)c2c(-c3ccco3)c(C)cn2Cc2ccc(C(F)(F)F)cc2)c1. The van der Waals surface area contributed by atoms with Gasteiger partial charge < -0.3 is 19.0 Å². The van der Waals surface area contributed by atoms with Gasteiger partial charge in [-0.2, -0.15) is 13.2 Å². The summed E-state index contributed by atoms with van der Waals surface area (Å²) in [7, 11) is 1.58. The predicted molar refractivity (Wildman–Crippen MR) is 126 cm³/mol. The molecule has 0 bridgehead atoms. The van der Waals surface area contributed by atoms with E-state index in [4.69, 9.17) is 9.15 Å². The molecule has 0 aliphatic rings. The fraction of sp³-hybridized carbons (Fsp3) is 0.222. The van der Waals surface area contributed by atoms with Crippen LogP contribution in [0.5, 0.6) is 5.75 Å². The van der Waals surface area contributed by atoms with Gasteiger partial charge in [0.2, 0.25) is 0 Å². The molecule has 0 saturated carbocycles. The molecule has 5 nitrogen and oxygen atoms in total. The monoisotopic (exact) mass is 482 g/mol. The number of benzene rings is 2. The molecule has 1 unspecified atom stereocenters. The second-order valence-corrected chi connectivity index (χ2v) is 8.31. The number of nitrogens with one attached hydrogen (secondary N) is 1. The van der Waals surface area contributed by atoms with Crippen LogP contribution in [-0.2, 0) is 12.7 Å². The van der Waals surface area contributed by atoms with Gasteiger partial charge in [0.05, 0.1) is 30.5 Å². The molecule has 1 N–H and O–H groups in total. The summed E-state index contributed by atoms with van der Waals surface area (Å²) in [5.41, 5.74) is 2.60. The van der Waals surface area contributed by atoms with E-state index in [1.54, 1.807) is 30.0 Å². The Morgan fingerprint density at radius 2 is 1.86 bits per heavy atom. The molecule has 182 valence electrons. The summed E-state index contributed by atoms with van der Waals surface area (Å²) in [6.45, 7) is 3.95. The molecule has 2 heterocycles. The normalized spacial score (nSPS) is 12.4. The highest BCUT2D eigenvalue weighted by molar-refractivity contribution is 6.00. The molecule has 0 aliphatic heterocycles. The van der Waals surface area contributed by atoms with Crippen molar-refractivity contribution in [3.8, 4) is 17.1 Å². The maximum atomic E-state index is 13.6. The highest BCUT2D eigenvalue weighted by Crippen LogP contribution is 2.32. The summed E-state index contributed by atoms with van der Waals surface area (Å²) in [5.74, 6) is 0.890. The average molecular weight is 483 g/mol. The van der Waals surface area contributed by atoms with E-state index in [0.29, 0.717) is 28.3 Å². The number of aromatic nitrogens is 1. The molecule has 4 rings (SSSR count). The summed E-state index contributed by atoms with van der Waals surface area (Å²) in [6, 6.07) is 15.5. The number of ether oxygens (including phenoxy) is 1. The van der Waals surface area contributed by atoms with Crippen LogP contribution in [0.2, 0.25) is 0 Å². The van der Waals surface area contributed by atoms with E-state index >= 15 is 0 Å². The molecule has 0 aliphatic carbocycles. The van der Waals surface area contributed by atoms with Gasteiger partial charge in [-0.3, -0.25) is 4.79 Å². The molecular formula is C27H25F3N2O3. The van der Waals surface area contributed by atoms with E-state index in [-0.39, 0.29) is 18.5 Å². The first-order chi connectivity index (χ1) is 16.7. The number of aryl methyl sites for hydroxylation is 1. The molecule has 0 spiro atoms. The van der Waals surface area contributed by atoms with Gasteiger partial charge in [-0.1, -0.05) is 24.3 Å². The highest BCUT2D eigenvalue weighted by atomic mass is 19.4. The van der Waals surface area contributed by atoms with E-state index in [1.165, 1.54) is 18.4 Å². The predicted octanol–water partition coefficient (Wildman–Crippen LogP) is 6.62. The van der Waals surface area contributed by atoms with Crippen LogP contribution in [0.15, 0.2) is 77.5 Å². The number of hydrogen-bond acceptors (Lipinski definition) is 3. The quantitative estimate of drug-likeness (QED) is 0.322. The number of amides is 1. The van der Waals surface area contributed by atoms with Gasteiger partial charge in [0.1, 0.15) is 17.2 Å². The summed E-state index contributed by atoms with van der Waals surface area (Å²) in [6.07, 6.45) is -1.07. The lowest BCUT2D eigenvalue weighted by atomic mass is 10.1. The largest absolute Gasteiger partial charge is 0.497 e. The first kappa shape index (κ1) is 24.2. The van der Waals surface area contributed by atoms with E-state index in [9.17, 15) is 18.0 Å². The van der Waals surface area contributed by atoms with Gasteiger partial charge in [0.15, 0.2) is 0 Å². The molecule has 35 heavy (non-hydrogen) atoms. The number of hydrogen-bond donors (Lipinski definition) is 1. The Kier molecular flexibility index (Phi) is 6.73. The fourth-order valence-corrected chi connectivity index (χ4v) is 4.05. The molecule has 8 heteroatoms. The van der Waals surface area contributed by atoms with Crippen molar-refractivity contribution in [2.24, 2.45) is 0 Å². The Balaban J connectivity index is 1.68. The third-order valence-corrected chi connectivity index (χ3v) is 5.83. The van der Waals surface area contributed by atoms with Crippen LogP contribution in [-0.4, -0.2) is 17.6 Å². The van der Waals surface area contributed by atoms with Crippen LogP contribution in [0.4, 0.5) is 13.2 Å². The van der Waals surface area contributed by atoms with Crippen LogP contribution in [0, 0.1) is 6.92 Å². The highest BCUT2D eigenvalue weighted by Gasteiger charge is 2.30. The minimum Gasteiger partial charge on any atom is -0.497 e. The maximum Gasteiger partial charge on any atom is 0.416 e. The summed E-state index contributed by atoms with van der Waals surface area (Å²) in [5, 5.41) is 3.03. The van der Waals surface area contributed by atoms with Crippen molar-refractivity contribution in [1.29, 1.82) is 0 Å². The lowest BCUT2D eigenvalue weighted by Crippen LogP contribution is -2.29. The van der Waals surface area contributed by atoms with E-state index in [1.807, 2.05) is 38.1 Å². The van der Waals surface area contributed by atoms with Gasteiger partial charge in [-0.15, -0.1) is 0 Å².